The number of nitro benzene ring substituents is 1. The highest BCUT2D eigenvalue weighted by Crippen LogP contribution is 2.33. The van der Waals surface area contributed by atoms with Crippen molar-refractivity contribution in [3.05, 3.63) is 38.3 Å². The average molecular weight is 348 g/mol. The number of nitro groups is 1. The van der Waals surface area contributed by atoms with Crippen LogP contribution < -0.4 is 5.73 Å². The lowest BCUT2D eigenvalue weighted by molar-refractivity contribution is -0.385. The van der Waals surface area contributed by atoms with Crippen LogP contribution >= 0.6 is 28.3 Å². The summed E-state index contributed by atoms with van der Waals surface area (Å²) in [5, 5.41) is 19.1. The van der Waals surface area contributed by atoms with Gasteiger partial charge in [0.2, 0.25) is 0 Å². The van der Waals surface area contributed by atoms with E-state index in [9.17, 15) is 18.9 Å². The van der Waals surface area contributed by atoms with Gasteiger partial charge < -0.3 is 10.8 Å². The number of halogens is 4. The molecule has 3 N–H and O–H groups in total. The van der Waals surface area contributed by atoms with Crippen molar-refractivity contribution in [3.63, 3.8) is 0 Å². The van der Waals surface area contributed by atoms with E-state index in [-0.39, 0.29) is 28.1 Å². The topological polar surface area (TPSA) is 89.4 Å². The van der Waals surface area contributed by atoms with Gasteiger partial charge in [-0.3, -0.25) is 10.1 Å². The maximum atomic E-state index is 13.1. The SMILES string of the molecule is Cl.N[C@H](c1ccc(Br)c([N+](=O)[O-])c1)C(F)(F)CO. The third kappa shape index (κ3) is 3.58. The Bertz CT molecular complexity index is 448. The standard InChI is InChI=1S/C9H9BrF2N2O3.ClH/c10-6-2-1-5(3-7(6)14(16)17)8(13)9(11,12)4-15;/h1-3,8,15H,4,13H2;1H/t8-;/m1./s1. The van der Waals surface area contributed by atoms with Crippen LogP contribution in [0.15, 0.2) is 22.7 Å². The summed E-state index contributed by atoms with van der Waals surface area (Å²) < 4.78 is 26.4. The van der Waals surface area contributed by atoms with Gasteiger partial charge in [-0.2, -0.15) is 0 Å². The van der Waals surface area contributed by atoms with Crippen molar-refractivity contribution in [2.45, 2.75) is 12.0 Å². The molecular weight excluding hydrogens is 337 g/mol. The molecule has 9 heteroatoms. The Hall–Kier alpha value is -0.830. The molecule has 102 valence electrons. The van der Waals surface area contributed by atoms with E-state index in [4.69, 9.17) is 10.8 Å². The van der Waals surface area contributed by atoms with Crippen LogP contribution in [-0.2, 0) is 0 Å². The number of nitrogens with zero attached hydrogens (tertiary/aromatic N) is 1. The molecule has 0 bridgehead atoms. The van der Waals surface area contributed by atoms with Crippen molar-refractivity contribution in [3.8, 4) is 0 Å². The van der Waals surface area contributed by atoms with Crippen LogP contribution in [0.1, 0.15) is 11.6 Å². The van der Waals surface area contributed by atoms with Crippen LogP contribution in [-0.4, -0.2) is 22.6 Å². The fourth-order valence-corrected chi connectivity index (χ4v) is 1.60. The maximum absolute atomic E-state index is 13.1. The number of hydrogen-bond acceptors (Lipinski definition) is 4. The fourth-order valence-electron chi connectivity index (χ4n) is 1.21. The molecular formula is C9H10BrClF2N2O3. The zero-order chi connectivity index (χ0) is 13.2. The number of aliphatic hydroxyl groups excluding tert-OH is 1. The van der Waals surface area contributed by atoms with E-state index in [1.165, 1.54) is 12.1 Å². The first-order valence-corrected chi connectivity index (χ1v) is 5.27. The van der Waals surface area contributed by atoms with Gasteiger partial charge in [-0.05, 0) is 27.6 Å². The summed E-state index contributed by atoms with van der Waals surface area (Å²) in [4.78, 5) is 9.90. The first-order chi connectivity index (χ1) is 7.79. The van der Waals surface area contributed by atoms with Crippen LogP contribution in [0.3, 0.4) is 0 Å². The lowest BCUT2D eigenvalue weighted by Crippen LogP contribution is -2.36. The molecule has 18 heavy (non-hydrogen) atoms. The van der Waals surface area contributed by atoms with Crippen molar-refractivity contribution in [2.24, 2.45) is 5.73 Å². The van der Waals surface area contributed by atoms with E-state index >= 15 is 0 Å². The van der Waals surface area contributed by atoms with Gasteiger partial charge in [0.25, 0.3) is 11.6 Å². The molecule has 0 spiro atoms. The molecule has 0 radical (unpaired) electrons. The number of rotatable bonds is 4. The van der Waals surface area contributed by atoms with Crippen molar-refractivity contribution < 1.29 is 18.8 Å². The molecule has 1 atom stereocenters. The van der Waals surface area contributed by atoms with Gasteiger partial charge in [-0.25, -0.2) is 8.78 Å². The molecule has 0 saturated heterocycles. The summed E-state index contributed by atoms with van der Waals surface area (Å²) >= 11 is 2.93. The van der Waals surface area contributed by atoms with Crippen LogP contribution in [0.25, 0.3) is 0 Å². The number of hydrogen-bond donors (Lipinski definition) is 2. The Morgan fingerprint density at radius 3 is 2.56 bits per heavy atom. The predicted molar refractivity (Wildman–Crippen MR) is 67.0 cm³/mol. The monoisotopic (exact) mass is 346 g/mol. The maximum Gasteiger partial charge on any atom is 0.289 e. The van der Waals surface area contributed by atoms with E-state index in [0.29, 0.717) is 0 Å². The van der Waals surface area contributed by atoms with Gasteiger partial charge in [0.05, 0.1) is 15.4 Å². The molecule has 5 nitrogen and oxygen atoms in total. The highest BCUT2D eigenvalue weighted by atomic mass is 79.9. The zero-order valence-corrected chi connectivity index (χ0v) is 11.2. The summed E-state index contributed by atoms with van der Waals surface area (Å²) in [6, 6.07) is 1.67. The lowest BCUT2D eigenvalue weighted by Gasteiger charge is -2.21. The number of alkyl halides is 2. The van der Waals surface area contributed by atoms with Gasteiger partial charge in [0.1, 0.15) is 6.61 Å². The number of nitrogens with two attached hydrogens (primary N) is 1. The molecule has 0 unspecified atom stereocenters. The molecule has 0 fully saturated rings. The predicted octanol–water partition coefficient (Wildman–Crippen LogP) is 2.41. The third-order valence-corrected chi connectivity index (χ3v) is 2.86. The summed E-state index contributed by atoms with van der Waals surface area (Å²) in [7, 11) is 0. The van der Waals surface area contributed by atoms with Crippen molar-refractivity contribution >= 4 is 34.0 Å². The molecule has 0 amide bonds. The van der Waals surface area contributed by atoms with E-state index in [1.54, 1.807) is 0 Å². The zero-order valence-electron chi connectivity index (χ0n) is 8.85. The van der Waals surface area contributed by atoms with Crippen LogP contribution in [0.4, 0.5) is 14.5 Å². The van der Waals surface area contributed by atoms with E-state index in [1.807, 2.05) is 0 Å². The minimum absolute atomic E-state index is 0. The van der Waals surface area contributed by atoms with E-state index < -0.39 is 23.5 Å². The van der Waals surface area contributed by atoms with Crippen molar-refractivity contribution in [1.29, 1.82) is 0 Å². The largest absolute Gasteiger partial charge is 0.390 e. The first-order valence-electron chi connectivity index (χ1n) is 4.47. The summed E-state index contributed by atoms with van der Waals surface area (Å²) in [6.45, 7) is -1.42. The molecule has 0 heterocycles. The van der Waals surface area contributed by atoms with Gasteiger partial charge >= 0.3 is 0 Å². The Kier molecular flexibility index (Phi) is 6.08. The third-order valence-electron chi connectivity index (χ3n) is 2.19. The van der Waals surface area contributed by atoms with Crippen LogP contribution in [0, 0.1) is 10.1 Å². The van der Waals surface area contributed by atoms with Crippen LogP contribution in [0.2, 0.25) is 0 Å². The highest BCUT2D eigenvalue weighted by molar-refractivity contribution is 9.10. The molecule has 1 aromatic rings. The summed E-state index contributed by atoms with van der Waals surface area (Å²) in [5.41, 5.74) is 4.79. The van der Waals surface area contributed by atoms with E-state index in [0.717, 1.165) is 6.07 Å². The Balaban J connectivity index is 0.00000289. The van der Waals surface area contributed by atoms with Gasteiger partial charge in [-0.15, -0.1) is 12.4 Å². The summed E-state index contributed by atoms with van der Waals surface area (Å²) in [6.07, 6.45) is 0. The minimum Gasteiger partial charge on any atom is -0.390 e. The molecule has 0 aromatic heterocycles. The second-order valence-electron chi connectivity index (χ2n) is 3.36. The molecule has 0 aliphatic rings. The minimum atomic E-state index is -3.53. The van der Waals surface area contributed by atoms with Gasteiger partial charge in [-0.1, -0.05) is 6.07 Å². The molecule has 0 saturated carbocycles. The summed E-state index contributed by atoms with van der Waals surface area (Å²) in [5.74, 6) is -3.53. The van der Waals surface area contributed by atoms with Gasteiger partial charge in [0.15, 0.2) is 0 Å². The average Bonchev–Trinajstić information content (AvgIpc) is 2.28. The fraction of sp³-hybridized carbons (Fsp3) is 0.333. The molecule has 0 aliphatic carbocycles. The smallest absolute Gasteiger partial charge is 0.289 e. The van der Waals surface area contributed by atoms with Crippen LogP contribution in [0.5, 0.6) is 0 Å². The quantitative estimate of drug-likeness (QED) is 0.646. The second-order valence-corrected chi connectivity index (χ2v) is 4.22. The second kappa shape index (κ2) is 6.37. The Morgan fingerprint density at radius 1 is 1.56 bits per heavy atom. The Labute approximate surface area is 116 Å². The van der Waals surface area contributed by atoms with Gasteiger partial charge in [0, 0.05) is 6.07 Å². The molecule has 0 aliphatic heterocycles. The van der Waals surface area contributed by atoms with Crippen molar-refractivity contribution in [2.75, 3.05) is 6.61 Å². The normalized spacial score (nSPS) is 12.7. The van der Waals surface area contributed by atoms with Crippen molar-refractivity contribution in [1.82, 2.24) is 0 Å². The number of aliphatic hydroxyl groups is 1. The molecule has 1 aromatic carbocycles. The lowest BCUT2D eigenvalue weighted by atomic mass is 10.0. The highest BCUT2D eigenvalue weighted by Gasteiger charge is 2.38. The Morgan fingerprint density at radius 2 is 2.11 bits per heavy atom. The molecule has 1 rings (SSSR count). The number of benzene rings is 1. The van der Waals surface area contributed by atoms with E-state index in [2.05, 4.69) is 15.9 Å². The first kappa shape index (κ1) is 17.2.